The molecule has 1 aliphatic rings. The van der Waals surface area contributed by atoms with Crippen LogP contribution in [0.3, 0.4) is 0 Å². The molecule has 7 nitrogen and oxygen atoms in total. The molecular weight excluding hydrogens is 442 g/mol. The fraction of sp³-hybridized carbons (Fsp3) is 0.200. The summed E-state index contributed by atoms with van der Waals surface area (Å²) in [5.74, 6) is 0.344. The number of benzene rings is 3. The van der Waals surface area contributed by atoms with Gasteiger partial charge in [-0.05, 0) is 37.1 Å². The Kier molecular flexibility index (Phi) is 6.31. The lowest BCUT2D eigenvalue weighted by molar-refractivity contribution is 0.0976. The first-order chi connectivity index (χ1) is 15.9. The molecule has 1 aliphatic carbocycles. The van der Waals surface area contributed by atoms with Crippen LogP contribution in [-0.4, -0.2) is 40.2 Å². The van der Waals surface area contributed by atoms with Crippen molar-refractivity contribution in [3.05, 3.63) is 88.5 Å². The van der Waals surface area contributed by atoms with Gasteiger partial charge in [-0.15, -0.1) is 0 Å². The third-order valence-corrected chi connectivity index (χ3v) is 6.94. The van der Waals surface area contributed by atoms with Gasteiger partial charge < -0.3 is 9.47 Å². The van der Waals surface area contributed by atoms with E-state index in [-0.39, 0.29) is 39.5 Å². The van der Waals surface area contributed by atoms with Crippen molar-refractivity contribution in [1.29, 1.82) is 0 Å². The number of fused-ring (bicyclic) bond motifs is 2. The number of sulfonamides is 1. The number of methoxy groups -OCH3 is 1. The minimum absolute atomic E-state index is 0.0866. The van der Waals surface area contributed by atoms with Crippen LogP contribution in [0.1, 0.15) is 44.3 Å². The molecule has 0 aliphatic heterocycles. The first kappa shape index (κ1) is 22.7. The average Bonchev–Trinajstić information content (AvgIpc) is 2.83. The Balaban J connectivity index is 1.57. The maximum Gasteiger partial charge on any atom is 0.241 e. The van der Waals surface area contributed by atoms with Crippen molar-refractivity contribution < 1.29 is 27.5 Å². The number of ketones is 2. The molecule has 0 saturated heterocycles. The molecule has 4 rings (SSSR count). The monoisotopic (exact) mass is 465 g/mol. The zero-order chi connectivity index (χ0) is 23.6. The van der Waals surface area contributed by atoms with Gasteiger partial charge in [0.2, 0.25) is 10.0 Å². The van der Waals surface area contributed by atoms with Crippen LogP contribution in [0.15, 0.2) is 65.6 Å². The van der Waals surface area contributed by atoms with Crippen LogP contribution >= 0.6 is 0 Å². The van der Waals surface area contributed by atoms with E-state index in [2.05, 4.69) is 4.72 Å². The zero-order valence-electron chi connectivity index (χ0n) is 18.3. The molecule has 1 N–H and O–H groups in total. The Morgan fingerprint density at radius 3 is 2.24 bits per heavy atom. The minimum atomic E-state index is -4.04. The molecule has 3 aromatic rings. The second-order valence-corrected chi connectivity index (χ2v) is 9.18. The quantitative estimate of drug-likeness (QED) is 0.428. The van der Waals surface area contributed by atoms with Gasteiger partial charge in [-0.2, -0.15) is 0 Å². The van der Waals surface area contributed by atoms with Crippen molar-refractivity contribution in [2.75, 3.05) is 20.3 Å². The van der Waals surface area contributed by atoms with Crippen molar-refractivity contribution in [3.8, 4) is 11.5 Å². The summed E-state index contributed by atoms with van der Waals surface area (Å²) in [7, 11) is -2.50. The van der Waals surface area contributed by atoms with E-state index < -0.39 is 15.8 Å². The molecule has 0 aromatic heterocycles. The van der Waals surface area contributed by atoms with Crippen molar-refractivity contribution >= 4 is 21.6 Å². The molecule has 0 spiro atoms. The van der Waals surface area contributed by atoms with E-state index >= 15 is 0 Å². The van der Waals surface area contributed by atoms with E-state index in [0.29, 0.717) is 24.5 Å². The van der Waals surface area contributed by atoms with Gasteiger partial charge in [0.25, 0.3) is 0 Å². The molecule has 8 heteroatoms. The van der Waals surface area contributed by atoms with E-state index in [1.807, 2.05) is 13.0 Å². The van der Waals surface area contributed by atoms with Crippen molar-refractivity contribution in [1.82, 2.24) is 4.72 Å². The van der Waals surface area contributed by atoms with E-state index in [0.717, 1.165) is 5.56 Å². The van der Waals surface area contributed by atoms with Crippen LogP contribution in [0.25, 0.3) is 0 Å². The first-order valence-electron chi connectivity index (χ1n) is 10.5. The summed E-state index contributed by atoms with van der Waals surface area (Å²) in [4.78, 5) is 25.8. The van der Waals surface area contributed by atoms with Gasteiger partial charge in [0.05, 0.1) is 24.2 Å². The summed E-state index contributed by atoms with van der Waals surface area (Å²) in [6, 6.07) is 16.1. The fourth-order valence-corrected chi connectivity index (χ4v) is 5.14. The number of rotatable bonds is 8. The van der Waals surface area contributed by atoms with Gasteiger partial charge in [-0.25, -0.2) is 13.1 Å². The second-order valence-electron chi connectivity index (χ2n) is 7.45. The normalized spacial score (nSPS) is 12.8. The molecule has 0 fully saturated rings. The SMILES string of the molecule is CCOc1ccc(CCNS(=O)(=O)c2cccc3c2C(=O)c2ccccc2C3=O)cc1OC. The first-order valence-corrected chi connectivity index (χ1v) is 12.0. The van der Waals surface area contributed by atoms with E-state index in [1.165, 1.54) is 24.3 Å². The number of hydrogen-bond acceptors (Lipinski definition) is 6. The van der Waals surface area contributed by atoms with Gasteiger partial charge in [-0.1, -0.05) is 42.5 Å². The lowest BCUT2D eigenvalue weighted by atomic mass is 9.84. The van der Waals surface area contributed by atoms with E-state index in [1.54, 1.807) is 37.4 Å². The average molecular weight is 466 g/mol. The third kappa shape index (κ3) is 4.27. The van der Waals surface area contributed by atoms with Crippen molar-refractivity contribution in [3.63, 3.8) is 0 Å². The molecule has 33 heavy (non-hydrogen) atoms. The molecule has 0 atom stereocenters. The molecule has 0 amide bonds. The number of hydrogen-bond donors (Lipinski definition) is 1. The summed E-state index contributed by atoms with van der Waals surface area (Å²) in [5, 5.41) is 0. The summed E-state index contributed by atoms with van der Waals surface area (Å²) >= 11 is 0. The molecular formula is C25H23NO6S. The molecule has 0 bridgehead atoms. The molecule has 3 aromatic carbocycles. The molecule has 0 unspecified atom stereocenters. The highest BCUT2D eigenvalue weighted by Crippen LogP contribution is 2.31. The Morgan fingerprint density at radius 2 is 1.55 bits per heavy atom. The lowest BCUT2D eigenvalue weighted by Crippen LogP contribution is -2.30. The van der Waals surface area contributed by atoms with Gasteiger partial charge in [0.15, 0.2) is 23.1 Å². The largest absolute Gasteiger partial charge is 0.493 e. The van der Waals surface area contributed by atoms with Crippen LogP contribution in [-0.2, 0) is 16.4 Å². The highest BCUT2D eigenvalue weighted by molar-refractivity contribution is 7.89. The van der Waals surface area contributed by atoms with Crippen LogP contribution in [0.5, 0.6) is 11.5 Å². The van der Waals surface area contributed by atoms with Gasteiger partial charge >= 0.3 is 0 Å². The number of carbonyl (C=O) groups is 2. The van der Waals surface area contributed by atoms with Crippen LogP contribution < -0.4 is 14.2 Å². The Labute approximate surface area is 192 Å². The second kappa shape index (κ2) is 9.17. The predicted octanol–water partition coefficient (Wildman–Crippen LogP) is 3.39. The van der Waals surface area contributed by atoms with Crippen molar-refractivity contribution in [2.24, 2.45) is 0 Å². The van der Waals surface area contributed by atoms with Gasteiger partial charge in [-0.3, -0.25) is 9.59 Å². The van der Waals surface area contributed by atoms with Crippen LogP contribution in [0.4, 0.5) is 0 Å². The van der Waals surface area contributed by atoms with Gasteiger partial charge in [0, 0.05) is 23.2 Å². The number of nitrogens with one attached hydrogen (secondary N) is 1. The summed E-state index contributed by atoms with van der Waals surface area (Å²) in [5.41, 5.74) is 1.35. The molecule has 0 saturated carbocycles. The van der Waals surface area contributed by atoms with Crippen LogP contribution in [0.2, 0.25) is 0 Å². The fourth-order valence-electron chi connectivity index (χ4n) is 3.89. The van der Waals surface area contributed by atoms with E-state index in [9.17, 15) is 18.0 Å². The smallest absolute Gasteiger partial charge is 0.241 e. The highest BCUT2D eigenvalue weighted by Gasteiger charge is 2.34. The highest BCUT2D eigenvalue weighted by atomic mass is 32.2. The lowest BCUT2D eigenvalue weighted by Gasteiger charge is -2.20. The summed E-state index contributed by atoms with van der Waals surface area (Å²) in [6.45, 7) is 2.48. The van der Waals surface area contributed by atoms with Crippen molar-refractivity contribution in [2.45, 2.75) is 18.2 Å². The van der Waals surface area contributed by atoms with E-state index in [4.69, 9.17) is 9.47 Å². The molecule has 0 radical (unpaired) electrons. The maximum absolute atomic E-state index is 13.1. The van der Waals surface area contributed by atoms with Gasteiger partial charge in [0.1, 0.15) is 0 Å². The van der Waals surface area contributed by atoms with Crippen LogP contribution in [0, 0.1) is 0 Å². The molecule has 0 heterocycles. The Bertz CT molecular complexity index is 1350. The molecule has 170 valence electrons. The predicted molar refractivity (Wildman–Crippen MR) is 123 cm³/mol. The number of ether oxygens (including phenoxy) is 2. The Morgan fingerprint density at radius 1 is 0.848 bits per heavy atom. The third-order valence-electron chi connectivity index (χ3n) is 5.44. The number of carbonyl (C=O) groups excluding carboxylic acids is 2. The summed E-state index contributed by atoms with van der Waals surface area (Å²) in [6.07, 6.45) is 0.396. The zero-order valence-corrected chi connectivity index (χ0v) is 19.1. The summed E-state index contributed by atoms with van der Waals surface area (Å²) < 4.78 is 39.6. The standard InChI is InChI=1S/C25H23NO6S/c1-3-32-20-12-11-16(15-21(20)31-2)13-14-26-33(29,30)22-10-6-9-19-23(22)25(28)18-8-5-4-7-17(18)24(19)27/h4-12,15,26H,3,13-14H2,1-2H3. The maximum atomic E-state index is 13.1. The minimum Gasteiger partial charge on any atom is -0.493 e. The Hall–Kier alpha value is -3.49. The topological polar surface area (TPSA) is 98.8 Å².